The van der Waals surface area contributed by atoms with E-state index < -0.39 is 24.1 Å². The van der Waals surface area contributed by atoms with Crippen LogP contribution < -0.4 is 10.4 Å². The molecular formula is C10H7F3NO3-. The van der Waals surface area contributed by atoms with Crippen LogP contribution in [0.1, 0.15) is 11.6 Å². The molecule has 1 aromatic carbocycles. The lowest BCUT2D eigenvalue weighted by Crippen LogP contribution is -2.46. The quantitative estimate of drug-likeness (QED) is 0.825. The topological polar surface area (TPSA) is 69.2 Å². The van der Waals surface area contributed by atoms with Crippen molar-refractivity contribution in [2.75, 3.05) is 0 Å². The zero-order valence-electron chi connectivity index (χ0n) is 8.32. The highest BCUT2D eigenvalue weighted by atomic mass is 19.4. The highest BCUT2D eigenvalue weighted by Crippen LogP contribution is 2.18. The van der Waals surface area contributed by atoms with E-state index in [1.165, 1.54) is 29.6 Å². The van der Waals surface area contributed by atoms with Crippen LogP contribution in [-0.4, -0.2) is 18.1 Å². The number of halogens is 3. The molecule has 0 aliphatic carbocycles. The summed E-state index contributed by atoms with van der Waals surface area (Å²) in [6.07, 6.45) is -5.14. The van der Waals surface area contributed by atoms with Gasteiger partial charge in [0.2, 0.25) is 0 Å². The number of carbonyl (C=O) groups excluding carboxylic acids is 2. The Balaban J connectivity index is 2.90. The van der Waals surface area contributed by atoms with Crippen LogP contribution in [0.5, 0.6) is 0 Å². The predicted molar refractivity (Wildman–Crippen MR) is 48.4 cm³/mol. The van der Waals surface area contributed by atoms with E-state index >= 15 is 0 Å². The first-order chi connectivity index (χ1) is 7.82. The van der Waals surface area contributed by atoms with Gasteiger partial charge in [-0.25, -0.2) is 0 Å². The largest absolute Gasteiger partial charge is 0.548 e. The van der Waals surface area contributed by atoms with E-state index in [1.54, 1.807) is 6.07 Å². The van der Waals surface area contributed by atoms with Crippen molar-refractivity contribution in [1.82, 2.24) is 5.32 Å². The van der Waals surface area contributed by atoms with Crippen LogP contribution in [0.25, 0.3) is 0 Å². The molecule has 0 bridgehead atoms. The summed E-state index contributed by atoms with van der Waals surface area (Å²) in [5.41, 5.74) is 0.00472. The van der Waals surface area contributed by atoms with Crippen molar-refractivity contribution < 1.29 is 27.9 Å². The van der Waals surface area contributed by atoms with Crippen molar-refractivity contribution in [3.8, 4) is 0 Å². The lowest BCUT2D eigenvalue weighted by molar-refractivity contribution is -0.309. The molecule has 0 heterocycles. The molecule has 0 radical (unpaired) electrons. The van der Waals surface area contributed by atoms with Crippen LogP contribution in [0.15, 0.2) is 30.3 Å². The summed E-state index contributed by atoms with van der Waals surface area (Å²) in [5.74, 6) is -4.13. The molecule has 0 saturated carbocycles. The highest BCUT2D eigenvalue weighted by molar-refractivity contribution is 5.87. The van der Waals surface area contributed by atoms with Gasteiger partial charge in [-0.15, -0.1) is 0 Å². The summed E-state index contributed by atoms with van der Waals surface area (Å²) in [4.78, 5) is 21.3. The molecule has 0 saturated heterocycles. The number of carboxylic acid groups (broad SMARTS) is 1. The Morgan fingerprint density at radius 1 is 1.18 bits per heavy atom. The lowest BCUT2D eigenvalue weighted by atomic mass is 10.1. The molecule has 0 aromatic heterocycles. The Kier molecular flexibility index (Phi) is 3.72. The third-order valence-corrected chi connectivity index (χ3v) is 1.90. The summed E-state index contributed by atoms with van der Waals surface area (Å²) in [6.45, 7) is 0. The molecule has 1 aromatic rings. The van der Waals surface area contributed by atoms with Crippen molar-refractivity contribution in [2.45, 2.75) is 12.2 Å². The van der Waals surface area contributed by atoms with Gasteiger partial charge in [0, 0.05) is 0 Å². The Morgan fingerprint density at radius 3 is 2.12 bits per heavy atom. The summed E-state index contributed by atoms with van der Waals surface area (Å²) >= 11 is 0. The van der Waals surface area contributed by atoms with Crippen LogP contribution >= 0.6 is 0 Å². The molecule has 0 unspecified atom stereocenters. The number of carboxylic acids is 1. The number of hydrogen-bond acceptors (Lipinski definition) is 3. The Hall–Kier alpha value is -2.05. The minimum atomic E-state index is -5.14. The SMILES string of the molecule is O=C([O-])[C@@H](NC(=O)C(F)(F)F)c1ccccc1. The third-order valence-electron chi connectivity index (χ3n) is 1.90. The van der Waals surface area contributed by atoms with E-state index in [0.717, 1.165) is 0 Å². The van der Waals surface area contributed by atoms with Crippen LogP contribution in [0.2, 0.25) is 0 Å². The number of alkyl halides is 3. The zero-order valence-corrected chi connectivity index (χ0v) is 8.32. The van der Waals surface area contributed by atoms with E-state index in [-0.39, 0.29) is 5.56 Å². The van der Waals surface area contributed by atoms with E-state index in [9.17, 15) is 27.9 Å². The number of nitrogens with one attached hydrogen (secondary N) is 1. The summed E-state index contributed by atoms with van der Waals surface area (Å²) in [6, 6.07) is 5.15. The first-order valence-corrected chi connectivity index (χ1v) is 4.46. The van der Waals surface area contributed by atoms with Crippen LogP contribution in [0.4, 0.5) is 13.2 Å². The molecule has 1 rings (SSSR count). The maximum atomic E-state index is 12.0. The van der Waals surface area contributed by atoms with Gasteiger partial charge in [0.25, 0.3) is 0 Å². The standard InChI is InChI=1S/C10H8F3NO3/c11-10(12,13)9(17)14-7(8(15)16)6-4-2-1-3-5-6/h1-5,7H,(H,14,17)(H,15,16)/p-1/t7-/m0/s1. The molecule has 1 amide bonds. The molecule has 1 N–H and O–H groups in total. The van der Waals surface area contributed by atoms with Crippen molar-refractivity contribution >= 4 is 11.9 Å². The van der Waals surface area contributed by atoms with Gasteiger partial charge in [-0.2, -0.15) is 13.2 Å². The Morgan fingerprint density at radius 2 is 1.71 bits per heavy atom. The molecule has 0 fully saturated rings. The second-order valence-electron chi connectivity index (χ2n) is 3.13. The van der Waals surface area contributed by atoms with Gasteiger partial charge >= 0.3 is 12.1 Å². The molecule has 1 atom stereocenters. The average molecular weight is 246 g/mol. The molecule has 92 valence electrons. The van der Waals surface area contributed by atoms with Gasteiger partial charge in [0.1, 0.15) is 0 Å². The van der Waals surface area contributed by atoms with Gasteiger partial charge in [0.05, 0.1) is 12.0 Å². The lowest BCUT2D eigenvalue weighted by Gasteiger charge is -2.20. The van der Waals surface area contributed by atoms with E-state index in [0.29, 0.717) is 0 Å². The molecule has 4 nitrogen and oxygen atoms in total. The predicted octanol–water partition coefficient (Wildman–Crippen LogP) is 0.156. The van der Waals surface area contributed by atoms with Crippen molar-refractivity contribution in [2.24, 2.45) is 0 Å². The summed E-state index contributed by atoms with van der Waals surface area (Å²) in [5, 5.41) is 12.0. The maximum Gasteiger partial charge on any atom is 0.471 e. The minimum absolute atomic E-state index is 0.00472. The molecule has 17 heavy (non-hydrogen) atoms. The third kappa shape index (κ3) is 3.47. The fourth-order valence-corrected chi connectivity index (χ4v) is 1.14. The minimum Gasteiger partial charge on any atom is -0.548 e. The fourth-order valence-electron chi connectivity index (χ4n) is 1.14. The van der Waals surface area contributed by atoms with Gasteiger partial charge < -0.3 is 15.2 Å². The smallest absolute Gasteiger partial charge is 0.471 e. The first kappa shape index (κ1) is 13.0. The Labute approximate surface area is 94.1 Å². The van der Waals surface area contributed by atoms with Gasteiger partial charge in [-0.3, -0.25) is 4.79 Å². The van der Waals surface area contributed by atoms with Crippen molar-refractivity contribution in [3.05, 3.63) is 35.9 Å². The fraction of sp³-hybridized carbons (Fsp3) is 0.200. The number of carbonyl (C=O) groups is 2. The Bertz CT molecular complexity index is 417. The highest BCUT2D eigenvalue weighted by Gasteiger charge is 2.40. The number of amides is 1. The molecule has 7 heteroatoms. The normalized spacial score (nSPS) is 12.9. The molecule has 0 aliphatic rings. The van der Waals surface area contributed by atoms with Crippen LogP contribution in [0, 0.1) is 0 Å². The van der Waals surface area contributed by atoms with E-state index in [2.05, 4.69) is 0 Å². The number of aliphatic carboxylic acids is 1. The summed E-state index contributed by atoms with van der Waals surface area (Å²) in [7, 11) is 0. The first-order valence-electron chi connectivity index (χ1n) is 4.46. The zero-order chi connectivity index (χ0) is 13.1. The molecule has 0 aliphatic heterocycles. The van der Waals surface area contributed by atoms with Gasteiger partial charge in [0.15, 0.2) is 0 Å². The van der Waals surface area contributed by atoms with Gasteiger partial charge in [-0.05, 0) is 5.56 Å². The van der Waals surface area contributed by atoms with Crippen LogP contribution in [0.3, 0.4) is 0 Å². The van der Waals surface area contributed by atoms with Gasteiger partial charge in [-0.1, -0.05) is 30.3 Å². The maximum absolute atomic E-state index is 12.0. The second kappa shape index (κ2) is 4.86. The molecule has 0 spiro atoms. The number of hydrogen-bond donors (Lipinski definition) is 1. The molecular weight excluding hydrogens is 239 g/mol. The van der Waals surface area contributed by atoms with E-state index in [4.69, 9.17) is 0 Å². The number of benzene rings is 1. The average Bonchev–Trinajstić information content (AvgIpc) is 2.25. The van der Waals surface area contributed by atoms with Crippen molar-refractivity contribution in [1.29, 1.82) is 0 Å². The van der Waals surface area contributed by atoms with Crippen molar-refractivity contribution in [3.63, 3.8) is 0 Å². The monoisotopic (exact) mass is 246 g/mol. The van der Waals surface area contributed by atoms with E-state index in [1.807, 2.05) is 0 Å². The summed E-state index contributed by atoms with van der Waals surface area (Å²) < 4.78 is 35.9. The number of rotatable bonds is 3. The second-order valence-corrected chi connectivity index (χ2v) is 3.13. The van der Waals surface area contributed by atoms with Crippen LogP contribution in [-0.2, 0) is 9.59 Å².